The van der Waals surface area contributed by atoms with Crippen molar-refractivity contribution in [2.45, 2.75) is 97.3 Å². The van der Waals surface area contributed by atoms with E-state index in [4.69, 9.17) is 0 Å². The van der Waals surface area contributed by atoms with Gasteiger partial charge in [-0.1, -0.05) is 97.5 Å². The summed E-state index contributed by atoms with van der Waals surface area (Å²) in [4.78, 5) is 10.9. The van der Waals surface area contributed by atoms with E-state index in [0.29, 0.717) is 0 Å². The van der Waals surface area contributed by atoms with Gasteiger partial charge in [-0.2, -0.15) is 8.42 Å². The van der Waals surface area contributed by atoms with E-state index < -0.39 is 16.0 Å². The molecule has 0 aliphatic carbocycles. The molecule has 0 bridgehead atoms. The number of rotatable bonds is 18. The van der Waals surface area contributed by atoms with Crippen LogP contribution in [0.15, 0.2) is 12.7 Å². The highest BCUT2D eigenvalue weighted by Crippen LogP contribution is 2.15. The van der Waals surface area contributed by atoms with Crippen LogP contribution in [0.25, 0.3) is 0 Å². The van der Waals surface area contributed by atoms with Gasteiger partial charge >= 0.3 is 0 Å². The zero-order valence-corrected chi connectivity index (χ0v) is 17.6. The summed E-state index contributed by atoms with van der Waals surface area (Å²) in [5.74, 6) is -0.728. The highest BCUT2D eigenvalue weighted by atomic mass is 32.2. The molecular weight excluding hydrogens is 350 g/mol. The van der Waals surface area contributed by atoms with E-state index in [1.54, 1.807) is 0 Å². The van der Waals surface area contributed by atoms with E-state index in [-0.39, 0.29) is 11.7 Å². The Labute approximate surface area is 161 Å². The van der Waals surface area contributed by atoms with Gasteiger partial charge in [-0.3, -0.25) is 4.79 Å². The molecule has 0 aliphatic rings. The van der Waals surface area contributed by atoms with E-state index in [1.807, 2.05) is 12.4 Å². The van der Waals surface area contributed by atoms with Crippen LogP contribution in [0.5, 0.6) is 0 Å². The fourth-order valence-electron chi connectivity index (χ4n) is 2.95. The Morgan fingerprint density at radius 1 is 0.962 bits per heavy atom. The molecule has 1 unspecified atom stereocenters. The molecule has 0 saturated heterocycles. The summed E-state index contributed by atoms with van der Waals surface area (Å²) in [5.41, 5.74) is 1.85. The fourth-order valence-corrected chi connectivity index (χ4v) is 4.09. The van der Waals surface area contributed by atoms with Crippen molar-refractivity contribution in [2.24, 2.45) is 5.92 Å². The molecule has 0 aromatic carbocycles. The maximum absolute atomic E-state index is 11.7. The zero-order valence-electron chi connectivity index (χ0n) is 16.8. The lowest BCUT2D eigenvalue weighted by Crippen LogP contribution is -2.28. The largest absolute Gasteiger partial charge is 0.288 e. The molecular formula is C20H39NO4S. The Bertz CT molecular complexity index is 462. The van der Waals surface area contributed by atoms with E-state index >= 15 is 0 Å². The van der Waals surface area contributed by atoms with Crippen LogP contribution in [-0.4, -0.2) is 20.1 Å². The van der Waals surface area contributed by atoms with Crippen molar-refractivity contribution < 1.29 is 17.5 Å². The van der Waals surface area contributed by atoms with E-state index in [0.717, 1.165) is 25.3 Å². The summed E-state index contributed by atoms with van der Waals surface area (Å²) in [6.07, 6.45) is 17.3. The number of carbonyl (C=O) groups is 1. The van der Waals surface area contributed by atoms with Gasteiger partial charge in [0.05, 0.1) is 5.75 Å². The number of hydrogen-bond donors (Lipinski definition) is 1. The molecule has 0 aromatic rings. The molecule has 6 heteroatoms. The van der Waals surface area contributed by atoms with Crippen molar-refractivity contribution in [3.63, 3.8) is 0 Å². The number of hydroxylamine groups is 1. The number of amides is 1. The van der Waals surface area contributed by atoms with Crippen molar-refractivity contribution in [3.8, 4) is 0 Å². The van der Waals surface area contributed by atoms with Crippen LogP contribution in [0.2, 0.25) is 0 Å². The second-order valence-corrected chi connectivity index (χ2v) is 8.88. The van der Waals surface area contributed by atoms with E-state index in [1.165, 1.54) is 64.2 Å². The second-order valence-electron chi connectivity index (χ2n) is 7.26. The van der Waals surface area contributed by atoms with Gasteiger partial charge < -0.3 is 0 Å². The molecule has 0 rings (SSSR count). The summed E-state index contributed by atoms with van der Waals surface area (Å²) in [7, 11) is -3.73. The molecule has 0 spiro atoms. The molecule has 1 N–H and O–H groups in total. The fraction of sp³-hybridized carbons (Fsp3) is 0.850. The first kappa shape index (κ1) is 25.1. The summed E-state index contributed by atoms with van der Waals surface area (Å²) in [6, 6.07) is 0. The Morgan fingerprint density at radius 2 is 1.42 bits per heavy atom. The van der Waals surface area contributed by atoms with Gasteiger partial charge in [-0.05, 0) is 18.4 Å². The summed E-state index contributed by atoms with van der Waals surface area (Å²) < 4.78 is 27.9. The minimum absolute atomic E-state index is 0.0174. The molecule has 0 heterocycles. The monoisotopic (exact) mass is 389 g/mol. The predicted octanol–water partition coefficient (Wildman–Crippen LogP) is 5.28. The SMILES string of the molecule is C=CC(=O)NOS(=O)(=O)CC(C)CCCCCCCCCCCCCC. The first-order valence-corrected chi connectivity index (χ1v) is 11.8. The van der Waals surface area contributed by atoms with Gasteiger partial charge in [-0.15, -0.1) is 4.28 Å². The van der Waals surface area contributed by atoms with Gasteiger partial charge in [0.15, 0.2) is 0 Å². The Kier molecular flexibility index (Phi) is 15.8. The third kappa shape index (κ3) is 16.6. The highest BCUT2D eigenvalue weighted by molar-refractivity contribution is 7.86. The molecule has 5 nitrogen and oxygen atoms in total. The van der Waals surface area contributed by atoms with Crippen LogP contribution < -0.4 is 5.48 Å². The van der Waals surface area contributed by atoms with Crippen molar-refractivity contribution in [2.75, 3.05) is 5.75 Å². The summed E-state index contributed by atoms with van der Waals surface area (Å²) in [6.45, 7) is 7.38. The lowest BCUT2D eigenvalue weighted by Gasteiger charge is -2.11. The molecule has 154 valence electrons. The summed E-state index contributed by atoms with van der Waals surface area (Å²) in [5, 5.41) is 0. The minimum Gasteiger partial charge on any atom is -0.268 e. The molecule has 26 heavy (non-hydrogen) atoms. The third-order valence-electron chi connectivity index (χ3n) is 4.49. The van der Waals surface area contributed by atoms with Crippen molar-refractivity contribution in [1.29, 1.82) is 0 Å². The number of nitrogens with one attached hydrogen (secondary N) is 1. The first-order valence-electron chi connectivity index (χ1n) is 10.2. The lowest BCUT2D eigenvalue weighted by molar-refractivity contribution is -0.122. The molecule has 0 aromatic heterocycles. The average molecular weight is 390 g/mol. The first-order chi connectivity index (χ1) is 12.4. The van der Waals surface area contributed by atoms with Crippen molar-refractivity contribution >= 4 is 16.0 Å². The maximum Gasteiger partial charge on any atom is 0.288 e. The molecule has 0 fully saturated rings. The molecule has 0 radical (unpaired) electrons. The normalized spacial score (nSPS) is 12.7. The quantitative estimate of drug-likeness (QED) is 0.197. The lowest BCUT2D eigenvalue weighted by atomic mass is 10.0. The minimum atomic E-state index is -3.73. The van der Waals surface area contributed by atoms with Crippen LogP contribution in [0.1, 0.15) is 97.3 Å². The maximum atomic E-state index is 11.7. The second kappa shape index (κ2) is 16.3. The van der Waals surface area contributed by atoms with Gasteiger partial charge in [-0.25, -0.2) is 5.48 Å². The molecule has 0 saturated carbocycles. The Balaban J connectivity index is 3.52. The topological polar surface area (TPSA) is 72.5 Å². The average Bonchev–Trinajstić information content (AvgIpc) is 2.60. The van der Waals surface area contributed by atoms with Crippen molar-refractivity contribution in [1.82, 2.24) is 5.48 Å². The zero-order chi connectivity index (χ0) is 19.7. The van der Waals surface area contributed by atoms with Crippen LogP contribution in [-0.2, 0) is 19.2 Å². The number of hydrogen-bond acceptors (Lipinski definition) is 4. The smallest absolute Gasteiger partial charge is 0.268 e. The standard InChI is InChI=1S/C20H39NO4S/c1-4-6-7-8-9-10-11-12-13-14-15-16-17-19(3)18-26(23,24)25-21-20(22)5-2/h5,19H,2,4,6-18H2,1,3H3,(H,21,22). The van der Waals surface area contributed by atoms with Crippen LogP contribution in [0.3, 0.4) is 0 Å². The summed E-state index contributed by atoms with van der Waals surface area (Å²) >= 11 is 0. The van der Waals surface area contributed by atoms with Gasteiger partial charge in [0.25, 0.3) is 16.0 Å². The van der Waals surface area contributed by atoms with Crippen LogP contribution in [0.4, 0.5) is 0 Å². The van der Waals surface area contributed by atoms with Crippen molar-refractivity contribution in [3.05, 3.63) is 12.7 Å². The highest BCUT2D eigenvalue weighted by Gasteiger charge is 2.17. The van der Waals surface area contributed by atoms with Gasteiger partial charge in [0.1, 0.15) is 0 Å². The number of carbonyl (C=O) groups excluding carboxylic acids is 1. The molecule has 0 aliphatic heterocycles. The van der Waals surface area contributed by atoms with Crippen LogP contribution >= 0.6 is 0 Å². The molecule has 1 atom stereocenters. The molecule has 1 amide bonds. The predicted molar refractivity (Wildman–Crippen MR) is 108 cm³/mol. The Hall–Kier alpha value is -0.880. The van der Waals surface area contributed by atoms with Crippen LogP contribution in [0, 0.1) is 5.92 Å². The van der Waals surface area contributed by atoms with Gasteiger partial charge in [0, 0.05) is 0 Å². The van der Waals surface area contributed by atoms with E-state index in [2.05, 4.69) is 17.8 Å². The number of unbranched alkanes of at least 4 members (excludes halogenated alkanes) is 11. The van der Waals surface area contributed by atoms with Gasteiger partial charge in [0.2, 0.25) is 0 Å². The van der Waals surface area contributed by atoms with E-state index in [9.17, 15) is 13.2 Å². The third-order valence-corrected chi connectivity index (χ3v) is 5.81. The Morgan fingerprint density at radius 3 is 1.88 bits per heavy atom.